The fraction of sp³-hybridized carbons (Fsp3) is 0.304. The van der Waals surface area contributed by atoms with Crippen molar-refractivity contribution < 1.29 is 23.8 Å². The highest BCUT2D eigenvalue weighted by Gasteiger charge is 2.35. The molecule has 4 aliphatic heterocycles. The molecule has 0 N–H and O–H groups in total. The van der Waals surface area contributed by atoms with Crippen LogP contribution < -0.4 is 14.2 Å². The van der Waals surface area contributed by atoms with Crippen LogP contribution in [0, 0.1) is 13.8 Å². The first-order chi connectivity index (χ1) is 26.8. The number of pyridine rings is 1. The number of amides is 2. The van der Waals surface area contributed by atoms with Crippen molar-refractivity contribution in [3.8, 4) is 17.2 Å². The molecule has 2 amide bonds. The lowest BCUT2D eigenvalue weighted by Crippen LogP contribution is -2.44. The average Bonchev–Trinajstić information content (AvgIpc) is 3.41. The van der Waals surface area contributed by atoms with Crippen LogP contribution >= 0.6 is 0 Å². The molecule has 0 saturated carbocycles. The topological polar surface area (TPSA) is 93.6 Å². The number of rotatable bonds is 6. The molecule has 0 saturated heterocycles. The number of aliphatic imine (C=N–C) groups is 1. The third-order valence-electron chi connectivity index (χ3n) is 11.1. The van der Waals surface area contributed by atoms with Crippen LogP contribution in [-0.4, -0.2) is 58.6 Å². The smallest absolute Gasteiger partial charge is 0.256 e. The summed E-state index contributed by atoms with van der Waals surface area (Å²) in [4.78, 5) is 39.7. The summed E-state index contributed by atoms with van der Waals surface area (Å²) in [5.74, 6) is 2.16. The first-order valence-corrected chi connectivity index (χ1v) is 19.1. The summed E-state index contributed by atoms with van der Waals surface area (Å²) >= 11 is 0. The highest BCUT2D eigenvalue weighted by molar-refractivity contribution is 6.03. The third-order valence-corrected chi connectivity index (χ3v) is 11.1. The van der Waals surface area contributed by atoms with Crippen LogP contribution in [0.2, 0.25) is 0 Å². The van der Waals surface area contributed by atoms with E-state index in [2.05, 4.69) is 46.4 Å². The zero-order chi connectivity index (χ0) is 38.1. The van der Waals surface area contributed by atoms with Gasteiger partial charge in [-0.3, -0.25) is 19.6 Å². The summed E-state index contributed by atoms with van der Waals surface area (Å²) in [5, 5.41) is 0. The molecular formula is C46H46N4O5. The molecule has 0 radical (unpaired) electrons. The summed E-state index contributed by atoms with van der Waals surface area (Å²) in [6.45, 7) is 8.14. The van der Waals surface area contributed by atoms with Crippen LogP contribution in [0.15, 0.2) is 96.0 Å². The number of hydrogen-bond acceptors (Lipinski definition) is 7. The van der Waals surface area contributed by atoms with E-state index in [1.165, 1.54) is 22.3 Å². The molecule has 0 aliphatic carbocycles. The van der Waals surface area contributed by atoms with E-state index in [4.69, 9.17) is 14.2 Å². The Balaban J connectivity index is 0.000000160. The van der Waals surface area contributed by atoms with Gasteiger partial charge in [0.15, 0.2) is 11.5 Å². The van der Waals surface area contributed by atoms with Crippen LogP contribution in [0.5, 0.6) is 17.2 Å². The van der Waals surface area contributed by atoms with Crippen molar-refractivity contribution >= 4 is 23.7 Å². The molecule has 5 aromatic rings. The highest BCUT2D eigenvalue weighted by Crippen LogP contribution is 2.38. The van der Waals surface area contributed by atoms with Crippen LogP contribution in [0.4, 0.5) is 5.69 Å². The minimum absolute atomic E-state index is 0.00986. The van der Waals surface area contributed by atoms with Gasteiger partial charge in [0.05, 0.1) is 36.7 Å². The largest absolute Gasteiger partial charge is 0.494 e. The van der Waals surface area contributed by atoms with Crippen molar-refractivity contribution in [1.82, 2.24) is 14.8 Å². The predicted molar refractivity (Wildman–Crippen MR) is 213 cm³/mol. The van der Waals surface area contributed by atoms with Gasteiger partial charge in [-0.15, -0.1) is 0 Å². The molecule has 5 heterocycles. The molecule has 9 nitrogen and oxygen atoms in total. The second-order valence-corrected chi connectivity index (χ2v) is 14.6. The first kappa shape index (κ1) is 36.0. The van der Waals surface area contributed by atoms with Crippen molar-refractivity contribution in [2.75, 3.05) is 13.7 Å². The second-order valence-electron chi connectivity index (χ2n) is 14.6. The third kappa shape index (κ3) is 7.31. The Morgan fingerprint density at radius 1 is 0.709 bits per heavy atom. The standard InChI is InChI=1S/C26H26N2O3.C20H20N2O2/c1-17-6-5-9-21(27-17)16-31-25-13-19-10-11-22-12-18-7-3-4-8-20(18)15-28(22)26(29)23(19)14-24(25)30-2;1-3-24-19-10-18-17(8-13(19)2)20(23)22-12-15-7-5-4-6-14(15)9-16(22)11-21-18/h3-9,13-14,22H,10-12,15-16H2,1-2H3;4-8,10-11,16H,3,9,12H2,1-2H3/t22-;16-/m10/s1. The van der Waals surface area contributed by atoms with Gasteiger partial charge in [-0.2, -0.15) is 0 Å². The van der Waals surface area contributed by atoms with Gasteiger partial charge in [0.25, 0.3) is 11.8 Å². The quantitative estimate of drug-likeness (QED) is 0.175. The number of hydrogen-bond donors (Lipinski definition) is 0. The van der Waals surface area contributed by atoms with Crippen LogP contribution in [-0.2, 0) is 39.0 Å². The van der Waals surface area contributed by atoms with E-state index in [9.17, 15) is 9.59 Å². The second kappa shape index (κ2) is 15.4. The first-order valence-electron chi connectivity index (χ1n) is 19.1. The molecule has 2 atom stereocenters. The van der Waals surface area contributed by atoms with Crippen LogP contribution in [0.1, 0.15) is 78.8 Å². The summed E-state index contributed by atoms with van der Waals surface area (Å²) in [6.07, 6.45) is 5.42. The van der Waals surface area contributed by atoms with E-state index in [1.54, 1.807) is 7.11 Å². The van der Waals surface area contributed by atoms with Gasteiger partial charge < -0.3 is 24.0 Å². The summed E-state index contributed by atoms with van der Waals surface area (Å²) in [5.41, 5.74) is 11.0. The zero-order valence-electron chi connectivity index (χ0n) is 31.9. The molecule has 55 heavy (non-hydrogen) atoms. The van der Waals surface area contributed by atoms with Gasteiger partial charge in [0.1, 0.15) is 12.4 Å². The molecule has 280 valence electrons. The Morgan fingerprint density at radius 2 is 1.42 bits per heavy atom. The Labute approximate surface area is 322 Å². The number of aryl methyl sites for hydroxylation is 3. The van der Waals surface area contributed by atoms with E-state index < -0.39 is 0 Å². The minimum atomic E-state index is 0.00986. The molecule has 0 spiro atoms. The molecule has 9 heteroatoms. The van der Waals surface area contributed by atoms with Crippen molar-refractivity contribution in [1.29, 1.82) is 0 Å². The molecular weight excluding hydrogens is 689 g/mol. The van der Waals surface area contributed by atoms with Crippen molar-refractivity contribution in [3.63, 3.8) is 0 Å². The molecule has 4 aliphatic rings. The van der Waals surface area contributed by atoms with Gasteiger partial charge in [-0.05, 0) is 110 Å². The maximum atomic E-state index is 13.5. The Kier molecular flexibility index (Phi) is 10.1. The number of nitrogens with zero attached hydrogens (tertiary/aromatic N) is 4. The van der Waals surface area contributed by atoms with Gasteiger partial charge in [0.2, 0.25) is 0 Å². The number of fused-ring (bicyclic) bond motifs is 6. The minimum Gasteiger partial charge on any atom is -0.494 e. The number of methoxy groups -OCH3 is 1. The Bertz CT molecular complexity index is 2300. The lowest BCUT2D eigenvalue weighted by molar-refractivity contribution is 0.0641. The molecule has 4 aromatic carbocycles. The van der Waals surface area contributed by atoms with E-state index >= 15 is 0 Å². The number of benzene rings is 4. The number of ether oxygens (including phenoxy) is 3. The summed E-state index contributed by atoms with van der Waals surface area (Å²) < 4.78 is 17.3. The Hall–Kier alpha value is -5.96. The van der Waals surface area contributed by atoms with Crippen molar-refractivity contribution in [2.45, 2.75) is 78.2 Å². The van der Waals surface area contributed by atoms with Gasteiger partial charge >= 0.3 is 0 Å². The normalized spacial score (nSPS) is 17.8. The van der Waals surface area contributed by atoms with Crippen LogP contribution in [0.25, 0.3) is 0 Å². The van der Waals surface area contributed by atoms with E-state index in [0.717, 1.165) is 59.5 Å². The number of carbonyl (C=O) groups excluding carboxylic acids is 2. The lowest BCUT2D eigenvalue weighted by Gasteiger charge is -2.35. The highest BCUT2D eigenvalue weighted by atomic mass is 16.5. The maximum Gasteiger partial charge on any atom is 0.256 e. The van der Waals surface area contributed by atoms with E-state index in [-0.39, 0.29) is 23.9 Å². The summed E-state index contributed by atoms with van der Waals surface area (Å²) in [7, 11) is 1.61. The monoisotopic (exact) mass is 734 g/mol. The number of carbonyl (C=O) groups is 2. The van der Waals surface area contributed by atoms with E-state index in [1.807, 2.05) is 91.4 Å². The van der Waals surface area contributed by atoms with Gasteiger partial charge in [0, 0.05) is 42.7 Å². The fourth-order valence-electron chi connectivity index (χ4n) is 8.16. The predicted octanol–water partition coefficient (Wildman–Crippen LogP) is 8.17. The molecule has 0 bridgehead atoms. The molecule has 0 fully saturated rings. The molecule has 0 unspecified atom stereocenters. The fourth-order valence-corrected chi connectivity index (χ4v) is 8.16. The average molecular weight is 735 g/mol. The summed E-state index contributed by atoms with van der Waals surface area (Å²) in [6, 6.07) is 30.5. The molecule has 1 aromatic heterocycles. The van der Waals surface area contributed by atoms with Crippen molar-refractivity contribution in [3.05, 3.63) is 147 Å². The van der Waals surface area contributed by atoms with Crippen molar-refractivity contribution in [2.24, 2.45) is 4.99 Å². The maximum absolute atomic E-state index is 13.5. The number of aromatic nitrogens is 1. The zero-order valence-corrected chi connectivity index (χ0v) is 31.9. The molecule has 9 rings (SSSR count). The SMILES string of the molecule is CCOc1cc2c(cc1C)C(=O)N1Cc3ccccc3C[C@H]1C=N2.COc1cc2c(cc1OCc1cccc(C)n1)CC[C@@H]1Cc3ccccc3CN1C2=O. The van der Waals surface area contributed by atoms with Gasteiger partial charge in [-0.25, -0.2) is 0 Å². The Morgan fingerprint density at radius 3 is 2.15 bits per heavy atom. The van der Waals surface area contributed by atoms with Gasteiger partial charge in [-0.1, -0.05) is 54.6 Å². The lowest BCUT2D eigenvalue weighted by atomic mass is 9.92. The van der Waals surface area contributed by atoms with E-state index in [0.29, 0.717) is 49.1 Å². The van der Waals surface area contributed by atoms with Crippen LogP contribution in [0.3, 0.4) is 0 Å².